The highest BCUT2D eigenvalue weighted by Gasteiger charge is 2.48. The Balaban J connectivity index is 1.25. The molecule has 1 spiro atoms. The Morgan fingerprint density at radius 1 is 1.06 bits per heavy atom. The minimum absolute atomic E-state index is 0.216. The minimum atomic E-state index is -0.571. The topological polar surface area (TPSA) is 93.6 Å². The Hall–Kier alpha value is -3.68. The number of ether oxygens (including phenoxy) is 1. The molecule has 1 aromatic carbocycles. The van der Waals surface area contributed by atoms with Gasteiger partial charge in [-0.3, -0.25) is 4.98 Å². The average molecular weight is 415 g/mol. The molecule has 6 rings (SSSR count). The molecule has 0 amide bonds. The number of H-pyrrole nitrogens is 1. The van der Waals surface area contributed by atoms with E-state index in [1.165, 1.54) is 12.1 Å². The van der Waals surface area contributed by atoms with Crippen LogP contribution in [-0.4, -0.2) is 30.9 Å². The Labute approximate surface area is 176 Å². The molecule has 3 aromatic heterocycles. The maximum atomic E-state index is 13.2. The quantitative estimate of drug-likeness (QED) is 0.491. The number of hydrogen-bond acceptors (Lipinski definition) is 6. The second-order valence-corrected chi connectivity index (χ2v) is 8.14. The molecule has 1 fully saturated rings. The summed E-state index contributed by atoms with van der Waals surface area (Å²) in [4.78, 5) is 33.5. The number of imidazole rings is 1. The molecule has 1 saturated carbocycles. The van der Waals surface area contributed by atoms with E-state index in [4.69, 9.17) is 9.72 Å². The fourth-order valence-corrected chi connectivity index (χ4v) is 4.71. The van der Waals surface area contributed by atoms with Gasteiger partial charge in [-0.05, 0) is 56.0 Å². The van der Waals surface area contributed by atoms with Gasteiger partial charge in [0, 0.05) is 29.4 Å². The van der Waals surface area contributed by atoms with Crippen molar-refractivity contribution in [2.45, 2.75) is 37.2 Å². The summed E-state index contributed by atoms with van der Waals surface area (Å²) in [5.74, 6) is 1.03. The number of carbonyl (C=O) groups is 1. The van der Waals surface area contributed by atoms with Gasteiger partial charge >= 0.3 is 5.97 Å². The van der Waals surface area contributed by atoms with Gasteiger partial charge in [0.05, 0.1) is 11.8 Å². The predicted molar refractivity (Wildman–Crippen MR) is 110 cm³/mol. The van der Waals surface area contributed by atoms with Gasteiger partial charge in [0.15, 0.2) is 11.5 Å². The van der Waals surface area contributed by atoms with E-state index in [2.05, 4.69) is 19.9 Å². The van der Waals surface area contributed by atoms with Gasteiger partial charge < -0.3 is 9.72 Å². The first-order valence-electron chi connectivity index (χ1n) is 10.3. The van der Waals surface area contributed by atoms with Crippen molar-refractivity contribution in [1.82, 2.24) is 24.9 Å². The summed E-state index contributed by atoms with van der Waals surface area (Å²) in [6.45, 7) is 0. The fourth-order valence-electron chi connectivity index (χ4n) is 4.71. The first kappa shape index (κ1) is 18.1. The third kappa shape index (κ3) is 2.90. The molecule has 2 aliphatic rings. The van der Waals surface area contributed by atoms with Crippen LogP contribution in [0.4, 0.5) is 4.39 Å². The molecule has 0 atom stereocenters. The number of halogens is 1. The van der Waals surface area contributed by atoms with Crippen LogP contribution in [0.2, 0.25) is 0 Å². The van der Waals surface area contributed by atoms with Crippen molar-refractivity contribution >= 4 is 17.1 Å². The van der Waals surface area contributed by atoms with Gasteiger partial charge in [0.1, 0.15) is 22.8 Å². The monoisotopic (exact) mass is 415 g/mol. The summed E-state index contributed by atoms with van der Waals surface area (Å²) in [5, 5.41) is 0. The molecular formula is C23H18FN5O2. The number of nitrogens with zero attached hydrogens (tertiary/aromatic N) is 4. The SMILES string of the molecule is O=C1O[C@]2(CC[C@H](c3nc4nc(-c5ccc(F)cc5)ncc4[nH]3)CC2)c2cnccc21. The van der Waals surface area contributed by atoms with Gasteiger partial charge in [-0.2, -0.15) is 0 Å². The van der Waals surface area contributed by atoms with E-state index >= 15 is 0 Å². The molecule has 0 unspecified atom stereocenters. The molecule has 154 valence electrons. The Morgan fingerprint density at radius 2 is 1.87 bits per heavy atom. The standard InChI is InChI=1S/C23H18FN5O2/c24-15-3-1-13(2-4-15)19-26-12-18-21(28-19)29-20(27-18)14-5-8-23(9-6-14)17-11-25-10-7-16(17)22(30)31-23/h1-4,7,10-12,14H,5-6,8-9H2,(H,26,27,28,29)/t14-,23-. The summed E-state index contributed by atoms with van der Waals surface area (Å²) in [6.07, 6.45) is 8.22. The summed E-state index contributed by atoms with van der Waals surface area (Å²) < 4.78 is 19.0. The van der Waals surface area contributed by atoms with E-state index in [1.54, 1.807) is 36.8 Å². The highest BCUT2D eigenvalue weighted by Crippen LogP contribution is 2.49. The molecule has 0 radical (unpaired) electrons. The summed E-state index contributed by atoms with van der Waals surface area (Å²) in [5.41, 5.74) is 3.05. The van der Waals surface area contributed by atoms with E-state index in [9.17, 15) is 9.18 Å². The highest BCUT2D eigenvalue weighted by atomic mass is 19.1. The van der Waals surface area contributed by atoms with Crippen molar-refractivity contribution < 1.29 is 13.9 Å². The zero-order valence-electron chi connectivity index (χ0n) is 16.5. The molecule has 7 nitrogen and oxygen atoms in total. The number of aromatic nitrogens is 5. The fraction of sp³-hybridized carbons (Fsp3) is 0.261. The van der Waals surface area contributed by atoms with Crippen molar-refractivity contribution in [2.24, 2.45) is 0 Å². The van der Waals surface area contributed by atoms with Gasteiger partial charge in [-0.25, -0.2) is 24.1 Å². The summed E-state index contributed by atoms with van der Waals surface area (Å²) in [6, 6.07) is 7.82. The second-order valence-electron chi connectivity index (χ2n) is 8.14. The van der Waals surface area contributed by atoms with Crippen LogP contribution < -0.4 is 0 Å². The van der Waals surface area contributed by atoms with Crippen molar-refractivity contribution in [3.05, 3.63) is 71.7 Å². The Kier molecular flexibility index (Phi) is 3.89. The summed E-state index contributed by atoms with van der Waals surface area (Å²) in [7, 11) is 0. The highest BCUT2D eigenvalue weighted by molar-refractivity contribution is 5.94. The third-order valence-corrected chi connectivity index (χ3v) is 6.36. The van der Waals surface area contributed by atoms with Crippen molar-refractivity contribution in [2.75, 3.05) is 0 Å². The van der Waals surface area contributed by atoms with Gasteiger partial charge in [-0.15, -0.1) is 0 Å². The van der Waals surface area contributed by atoms with E-state index in [-0.39, 0.29) is 17.7 Å². The van der Waals surface area contributed by atoms with Crippen LogP contribution >= 0.6 is 0 Å². The zero-order chi connectivity index (χ0) is 21.0. The number of carbonyl (C=O) groups excluding carboxylic acids is 1. The lowest BCUT2D eigenvalue weighted by Crippen LogP contribution is -2.31. The minimum Gasteiger partial charge on any atom is -0.450 e. The number of fused-ring (bicyclic) bond motifs is 3. The average Bonchev–Trinajstić information content (AvgIpc) is 3.34. The Bertz CT molecular complexity index is 1310. The molecule has 1 aliphatic carbocycles. The van der Waals surface area contributed by atoms with Crippen molar-refractivity contribution in [1.29, 1.82) is 0 Å². The number of nitrogens with one attached hydrogen (secondary N) is 1. The molecule has 0 saturated heterocycles. The second kappa shape index (κ2) is 6.66. The molecule has 1 aliphatic heterocycles. The number of pyridine rings is 1. The largest absolute Gasteiger partial charge is 0.450 e. The number of esters is 1. The van der Waals surface area contributed by atoms with Crippen LogP contribution in [0.3, 0.4) is 0 Å². The van der Waals surface area contributed by atoms with E-state index in [0.29, 0.717) is 17.0 Å². The molecule has 1 N–H and O–H groups in total. The first-order chi connectivity index (χ1) is 15.1. The molecule has 31 heavy (non-hydrogen) atoms. The number of benzene rings is 1. The van der Waals surface area contributed by atoms with Gasteiger partial charge in [0.2, 0.25) is 0 Å². The molecule has 4 aromatic rings. The smallest absolute Gasteiger partial charge is 0.339 e. The third-order valence-electron chi connectivity index (χ3n) is 6.36. The number of rotatable bonds is 2. The van der Waals surface area contributed by atoms with Crippen LogP contribution in [0, 0.1) is 5.82 Å². The van der Waals surface area contributed by atoms with Crippen LogP contribution in [-0.2, 0) is 10.3 Å². The molecule has 0 bridgehead atoms. The van der Waals surface area contributed by atoms with Crippen LogP contribution in [0.1, 0.15) is 53.3 Å². The molecule has 4 heterocycles. The Morgan fingerprint density at radius 3 is 2.68 bits per heavy atom. The van der Waals surface area contributed by atoms with Gasteiger partial charge in [-0.1, -0.05) is 0 Å². The lowest BCUT2D eigenvalue weighted by molar-refractivity contribution is -0.0313. The lowest BCUT2D eigenvalue weighted by atomic mass is 9.75. The van der Waals surface area contributed by atoms with Crippen LogP contribution in [0.5, 0.6) is 0 Å². The maximum absolute atomic E-state index is 13.2. The summed E-state index contributed by atoms with van der Waals surface area (Å²) >= 11 is 0. The van der Waals surface area contributed by atoms with Crippen LogP contribution in [0.15, 0.2) is 48.9 Å². The zero-order valence-corrected chi connectivity index (χ0v) is 16.5. The maximum Gasteiger partial charge on any atom is 0.339 e. The number of aromatic amines is 1. The number of hydrogen-bond donors (Lipinski definition) is 1. The van der Waals surface area contributed by atoms with Gasteiger partial charge in [0.25, 0.3) is 0 Å². The van der Waals surface area contributed by atoms with E-state index < -0.39 is 5.60 Å². The first-order valence-corrected chi connectivity index (χ1v) is 10.3. The van der Waals surface area contributed by atoms with E-state index in [0.717, 1.165) is 48.2 Å². The van der Waals surface area contributed by atoms with E-state index in [1.807, 2.05) is 0 Å². The van der Waals surface area contributed by atoms with Crippen molar-refractivity contribution in [3.8, 4) is 11.4 Å². The normalized spacial score (nSPS) is 22.6. The van der Waals surface area contributed by atoms with Crippen LogP contribution in [0.25, 0.3) is 22.6 Å². The predicted octanol–water partition coefficient (Wildman–Crippen LogP) is 4.28. The van der Waals surface area contributed by atoms with Crippen molar-refractivity contribution in [3.63, 3.8) is 0 Å². The lowest BCUT2D eigenvalue weighted by Gasteiger charge is -2.35. The molecule has 8 heteroatoms. The molecular weight excluding hydrogens is 397 g/mol.